The SMILES string of the molecule is N#Cc1cc(Cl)cc(CN=[N+]=[N-])c1. The molecule has 0 aliphatic carbocycles. The lowest BCUT2D eigenvalue weighted by Crippen LogP contribution is -1.83. The van der Waals surface area contributed by atoms with Crippen molar-refractivity contribution in [1.82, 2.24) is 0 Å². The van der Waals surface area contributed by atoms with Crippen LogP contribution in [-0.2, 0) is 6.54 Å². The lowest BCUT2D eigenvalue weighted by Gasteiger charge is -1.97. The maximum Gasteiger partial charge on any atom is 0.0992 e. The van der Waals surface area contributed by atoms with E-state index in [9.17, 15) is 0 Å². The molecule has 0 atom stereocenters. The molecule has 0 saturated heterocycles. The van der Waals surface area contributed by atoms with Gasteiger partial charge in [-0.25, -0.2) is 0 Å². The molecule has 0 N–H and O–H groups in total. The number of azide groups is 1. The van der Waals surface area contributed by atoms with E-state index in [1.807, 2.05) is 6.07 Å². The Balaban J connectivity index is 3.02. The van der Waals surface area contributed by atoms with Gasteiger partial charge in [-0.05, 0) is 29.3 Å². The Morgan fingerprint density at radius 2 is 2.31 bits per heavy atom. The van der Waals surface area contributed by atoms with Crippen molar-refractivity contribution in [1.29, 1.82) is 5.26 Å². The first-order chi connectivity index (χ1) is 6.26. The number of nitriles is 1. The van der Waals surface area contributed by atoms with Crippen molar-refractivity contribution in [2.75, 3.05) is 0 Å². The molecule has 0 aromatic heterocycles. The highest BCUT2D eigenvalue weighted by atomic mass is 35.5. The highest BCUT2D eigenvalue weighted by Crippen LogP contribution is 2.15. The molecule has 1 rings (SSSR count). The van der Waals surface area contributed by atoms with Crippen LogP contribution in [0, 0.1) is 11.3 Å². The molecule has 64 valence electrons. The Morgan fingerprint density at radius 3 is 2.92 bits per heavy atom. The summed E-state index contributed by atoms with van der Waals surface area (Å²) in [6.07, 6.45) is 0. The van der Waals surface area contributed by atoms with Crippen LogP contribution in [0.3, 0.4) is 0 Å². The summed E-state index contributed by atoms with van der Waals surface area (Å²) in [6, 6.07) is 6.83. The minimum Gasteiger partial charge on any atom is -0.192 e. The molecule has 0 spiro atoms. The van der Waals surface area contributed by atoms with E-state index >= 15 is 0 Å². The summed E-state index contributed by atoms with van der Waals surface area (Å²) >= 11 is 5.72. The molecule has 0 amide bonds. The van der Waals surface area contributed by atoms with Gasteiger partial charge < -0.3 is 0 Å². The van der Waals surface area contributed by atoms with Crippen LogP contribution in [0.1, 0.15) is 11.1 Å². The fourth-order valence-corrected chi connectivity index (χ4v) is 1.18. The van der Waals surface area contributed by atoms with Crippen LogP contribution in [0.15, 0.2) is 23.3 Å². The Labute approximate surface area is 80.0 Å². The molecule has 0 fully saturated rings. The summed E-state index contributed by atoms with van der Waals surface area (Å²) in [5.41, 5.74) is 9.29. The molecule has 1 aromatic rings. The van der Waals surface area contributed by atoms with Crippen LogP contribution in [0.25, 0.3) is 10.4 Å². The predicted molar refractivity (Wildman–Crippen MR) is 49.0 cm³/mol. The van der Waals surface area contributed by atoms with Crippen molar-refractivity contribution < 1.29 is 0 Å². The third-order valence-corrected chi connectivity index (χ3v) is 1.62. The second-order valence-electron chi connectivity index (χ2n) is 2.35. The van der Waals surface area contributed by atoms with Crippen LogP contribution >= 0.6 is 11.6 Å². The molecular weight excluding hydrogens is 188 g/mol. The van der Waals surface area contributed by atoms with E-state index in [1.54, 1.807) is 18.2 Å². The molecule has 0 aliphatic rings. The molecule has 0 heterocycles. The van der Waals surface area contributed by atoms with E-state index in [0.29, 0.717) is 10.6 Å². The molecule has 0 aliphatic heterocycles. The van der Waals surface area contributed by atoms with Crippen molar-refractivity contribution in [2.24, 2.45) is 5.11 Å². The van der Waals surface area contributed by atoms with Gasteiger partial charge in [0.2, 0.25) is 0 Å². The summed E-state index contributed by atoms with van der Waals surface area (Å²) in [6.45, 7) is 0.214. The summed E-state index contributed by atoms with van der Waals surface area (Å²) in [5, 5.41) is 12.4. The molecule has 0 unspecified atom stereocenters. The third-order valence-electron chi connectivity index (χ3n) is 1.40. The van der Waals surface area contributed by atoms with E-state index in [2.05, 4.69) is 10.0 Å². The molecule has 0 bridgehead atoms. The second-order valence-corrected chi connectivity index (χ2v) is 2.79. The van der Waals surface area contributed by atoms with Crippen LogP contribution in [0.4, 0.5) is 0 Å². The Kier molecular flexibility index (Phi) is 3.15. The fourth-order valence-electron chi connectivity index (χ4n) is 0.920. The van der Waals surface area contributed by atoms with Gasteiger partial charge in [0, 0.05) is 9.93 Å². The van der Waals surface area contributed by atoms with Crippen molar-refractivity contribution >= 4 is 11.6 Å². The third kappa shape index (κ3) is 2.68. The molecule has 0 radical (unpaired) electrons. The van der Waals surface area contributed by atoms with Gasteiger partial charge in [-0.1, -0.05) is 16.7 Å². The zero-order valence-electron chi connectivity index (χ0n) is 6.61. The van der Waals surface area contributed by atoms with Crippen LogP contribution in [-0.4, -0.2) is 0 Å². The smallest absolute Gasteiger partial charge is 0.0992 e. The Morgan fingerprint density at radius 1 is 1.54 bits per heavy atom. The van der Waals surface area contributed by atoms with Crippen LogP contribution in [0.2, 0.25) is 5.02 Å². The Bertz CT molecular complexity index is 401. The van der Waals surface area contributed by atoms with E-state index in [4.69, 9.17) is 22.4 Å². The first kappa shape index (κ1) is 9.40. The van der Waals surface area contributed by atoms with Crippen molar-refractivity contribution in [3.05, 3.63) is 44.8 Å². The van der Waals surface area contributed by atoms with Crippen LogP contribution < -0.4 is 0 Å². The van der Waals surface area contributed by atoms with Crippen molar-refractivity contribution in [3.8, 4) is 6.07 Å². The average molecular weight is 193 g/mol. The lowest BCUT2D eigenvalue weighted by molar-refractivity contribution is 1.05. The first-order valence-electron chi connectivity index (χ1n) is 3.46. The highest BCUT2D eigenvalue weighted by Gasteiger charge is 1.97. The monoisotopic (exact) mass is 192 g/mol. The van der Waals surface area contributed by atoms with Gasteiger partial charge in [0.15, 0.2) is 0 Å². The molecule has 0 saturated carbocycles. The fraction of sp³-hybridized carbons (Fsp3) is 0.125. The van der Waals surface area contributed by atoms with Gasteiger partial charge in [-0.15, -0.1) is 0 Å². The minimum atomic E-state index is 0.214. The number of halogens is 1. The first-order valence-corrected chi connectivity index (χ1v) is 3.84. The van der Waals surface area contributed by atoms with E-state index in [1.165, 1.54) is 0 Å². The normalized spacial score (nSPS) is 8.62. The maximum atomic E-state index is 8.60. The minimum absolute atomic E-state index is 0.214. The summed E-state index contributed by atoms with van der Waals surface area (Å²) in [5.74, 6) is 0. The maximum absolute atomic E-state index is 8.60. The summed E-state index contributed by atoms with van der Waals surface area (Å²) in [7, 11) is 0. The van der Waals surface area contributed by atoms with Gasteiger partial charge in [-0.2, -0.15) is 5.26 Å². The molecule has 4 nitrogen and oxygen atoms in total. The van der Waals surface area contributed by atoms with Gasteiger partial charge in [0.1, 0.15) is 0 Å². The summed E-state index contributed by atoms with van der Waals surface area (Å²) in [4.78, 5) is 2.62. The molecular formula is C8H5ClN4. The number of hydrogen-bond donors (Lipinski definition) is 0. The van der Waals surface area contributed by atoms with Gasteiger partial charge >= 0.3 is 0 Å². The largest absolute Gasteiger partial charge is 0.192 e. The van der Waals surface area contributed by atoms with E-state index < -0.39 is 0 Å². The van der Waals surface area contributed by atoms with Gasteiger partial charge in [0.25, 0.3) is 0 Å². The summed E-state index contributed by atoms with van der Waals surface area (Å²) < 4.78 is 0. The molecule has 5 heteroatoms. The topological polar surface area (TPSA) is 72.5 Å². The number of hydrogen-bond acceptors (Lipinski definition) is 2. The average Bonchev–Trinajstić information content (AvgIpc) is 2.14. The number of nitrogens with zero attached hydrogens (tertiary/aromatic N) is 4. The zero-order chi connectivity index (χ0) is 9.68. The lowest BCUT2D eigenvalue weighted by atomic mass is 10.1. The number of benzene rings is 1. The second kappa shape index (κ2) is 4.36. The molecule has 13 heavy (non-hydrogen) atoms. The van der Waals surface area contributed by atoms with Gasteiger partial charge in [-0.3, -0.25) is 0 Å². The highest BCUT2D eigenvalue weighted by molar-refractivity contribution is 6.30. The van der Waals surface area contributed by atoms with Crippen molar-refractivity contribution in [2.45, 2.75) is 6.54 Å². The molecule has 1 aromatic carbocycles. The van der Waals surface area contributed by atoms with Crippen molar-refractivity contribution in [3.63, 3.8) is 0 Å². The quantitative estimate of drug-likeness (QED) is 0.403. The van der Waals surface area contributed by atoms with E-state index in [0.717, 1.165) is 5.56 Å². The van der Waals surface area contributed by atoms with Gasteiger partial charge in [0.05, 0.1) is 18.2 Å². The number of rotatable bonds is 2. The predicted octanol–water partition coefficient (Wildman–Crippen LogP) is 3.02. The standard InChI is InChI=1S/C8H5ClN4/c9-8-2-6(4-10)1-7(3-8)5-12-13-11/h1-3H,5H2. The van der Waals surface area contributed by atoms with E-state index in [-0.39, 0.29) is 6.54 Å². The Hall–Kier alpha value is -1.69. The van der Waals surface area contributed by atoms with Crippen LogP contribution in [0.5, 0.6) is 0 Å². The zero-order valence-corrected chi connectivity index (χ0v) is 7.36.